The lowest BCUT2D eigenvalue weighted by molar-refractivity contribution is -1.02. The van der Waals surface area contributed by atoms with E-state index in [9.17, 15) is 5.11 Å². The van der Waals surface area contributed by atoms with E-state index >= 15 is 0 Å². The Hall–Kier alpha value is -1.34. The third-order valence-electron chi connectivity index (χ3n) is 4.70. The molecule has 0 spiro atoms. The van der Waals surface area contributed by atoms with E-state index in [-0.39, 0.29) is 12.2 Å². The summed E-state index contributed by atoms with van der Waals surface area (Å²) in [7, 11) is 0. The van der Waals surface area contributed by atoms with Gasteiger partial charge in [0.25, 0.3) is 0 Å². The van der Waals surface area contributed by atoms with Crippen LogP contribution in [-0.4, -0.2) is 63.4 Å². The van der Waals surface area contributed by atoms with Crippen LogP contribution in [0, 0.1) is 0 Å². The highest BCUT2D eigenvalue weighted by atomic mass is 16.7. The first-order chi connectivity index (χ1) is 11.6. The van der Waals surface area contributed by atoms with Crippen LogP contribution in [0.25, 0.3) is 0 Å². The lowest BCUT2D eigenvalue weighted by Gasteiger charge is -2.31. The Morgan fingerprint density at radius 1 is 1.08 bits per heavy atom. The number of hydrogen-bond donors (Lipinski definition) is 3. The third-order valence-corrected chi connectivity index (χ3v) is 4.70. The summed E-state index contributed by atoms with van der Waals surface area (Å²) in [5.74, 6) is 1.71. The van der Waals surface area contributed by atoms with E-state index in [0.717, 1.165) is 50.8 Å². The van der Waals surface area contributed by atoms with Crippen molar-refractivity contribution in [1.29, 1.82) is 0 Å². The van der Waals surface area contributed by atoms with Crippen LogP contribution in [0.4, 0.5) is 0 Å². The number of nitrogens with one attached hydrogen (secondary N) is 2. The predicted octanol–water partition coefficient (Wildman–Crippen LogP) is -1.52. The van der Waals surface area contributed by atoms with Gasteiger partial charge in [-0.05, 0) is 32.0 Å². The fourth-order valence-corrected chi connectivity index (χ4v) is 3.37. The van der Waals surface area contributed by atoms with Crippen LogP contribution in [0.5, 0.6) is 11.5 Å². The molecule has 1 saturated heterocycles. The van der Waals surface area contributed by atoms with Crippen LogP contribution in [0.2, 0.25) is 0 Å². The Morgan fingerprint density at radius 2 is 1.79 bits per heavy atom. The summed E-state index contributed by atoms with van der Waals surface area (Å²) >= 11 is 0. The number of aliphatic hydroxyl groups is 1. The first-order valence-corrected chi connectivity index (χ1v) is 8.95. The van der Waals surface area contributed by atoms with Crippen molar-refractivity contribution in [3.05, 3.63) is 23.8 Å². The normalized spacial score (nSPS) is 24.3. The SMILES string of the molecule is CC(C)OCC(O)C[NH+]1CC[NH+](Cc2ccc3c(c2)OCO3)CC1. The molecule has 3 N–H and O–H groups in total. The average Bonchev–Trinajstić information content (AvgIpc) is 3.02. The second-order valence-electron chi connectivity index (χ2n) is 7.10. The molecular formula is C18H30N2O4+2. The van der Waals surface area contributed by atoms with E-state index in [0.29, 0.717) is 13.4 Å². The van der Waals surface area contributed by atoms with Gasteiger partial charge in [-0.1, -0.05) is 0 Å². The summed E-state index contributed by atoms with van der Waals surface area (Å²) in [6.45, 7) is 11.0. The van der Waals surface area contributed by atoms with Gasteiger partial charge in [0, 0.05) is 5.56 Å². The van der Waals surface area contributed by atoms with Crippen molar-refractivity contribution in [2.45, 2.75) is 32.6 Å². The monoisotopic (exact) mass is 338 g/mol. The van der Waals surface area contributed by atoms with Crippen LogP contribution >= 0.6 is 0 Å². The molecule has 0 radical (unpaired) electrons. The van der Waals surface area contributed by atoms with Gasteiger partial charge in [0.05, 0.1) is 12.7 Å². The first-order valence-electron chi connectivity index (χ1n) is 8.95. The van der Waals surface area contributed by atoms with Crippen molar-refractivity contribution in [2.75, 3.05) is 46.1 Å². The van der Waals surface area contributed by atoms with Crippen LogP contribution < -0.4 is 19.3 Å². The molecule has 2 heterocycles. The lowest BCUT2D eigenvalue weighted by Crippen LogP contribution is -3.28. The Balaban J connectivity index is 1.40. The van der Waals surface area contributed by atoms with Gasteiger partial charge in [-0.25, -0.2) is 0 Å². The maximum Gasteiger partial charge on any atom is 0.231 e. The molecular weight excluding hydrogens is 308 g/mol. The molecule has 1 aromatic carbocycles. The van der Waals surface area contributed by atoms with Gasteiger partial charge in [0.2, 0.25) is 6.79 Å². The minimum atomic E-state index is -0.363. The maximum absolute atomic E-state index is 10.1. The number of rotatable bonds is 7. The van der Waals surface area contributed by atoms with Gasteiger partial charge >= 0.3 is 0 Å². The predicted molar refractivity (Wildman–Crippen MR) is 89.6 cm³/mol. The molecule has 2 aliphatic rings. The molecule has 24 heavy (non-hydrogen) atoms. The number of aliphatic hydroxyl groups excluding tert-OH is 1. The Bertz CT molecular complexity index is 530. The molecule has 1 fully saturated rings. The standard InChI is InChI=1S/C18H28N2O4/c1-14(2)22-12-16(21)11-20-7-5-19(6-8-20)10-15-3-4-17-18(9-15)24-13-23-17/h3-4,9,14,16,21H,5-8,10-13H2,1-2H3/p+2. The molecule has 0 saturated carbocycles. The topological polar surface area (TPSA) is 56.8 Å². The lowest BCUT2D eigenvalue weighted by atomic mass is 10.1. The third kappa shape index (κ3) is 4.83. The molecule has 1 unspecified atom stereocenters. The van der Waals surface area contributed by atoms with Crippen molar-refractivity contribution >= 4 is 0 Å². The summed E-state index contributed by atoms with van der Waals surface area (Å²) in [6.07, 6.45) is -0.185. The first kappa shape index (κ1) is 17.5. The molecule has 6 nitrogen and oxygen atoms in total. The minimum Gasteiger partial charge on any atom is -0.454 e. The van der Waals surface area contributed by atoms with E-state index in [1.165, 1.54) is 10.5 Å². The molecule has 3 rings (SSSR count). The van der Waals surface area contributed by atoms with E-state index in [1.807, 2.05) is 19.9 Å². The minimum absolute atomic E-state index is 0.178. The van der Waals surface area contributed by atoms with Crippen LogP contribution in [-0.2, 0) is 11.3 Å². The average molecular weight is 338 g/mol. The summed E-state index contributed by atoms with van der Waals surface area (Å²) in [6, 6.07) is 6.23. The molecule has 1 aromatic rings. The molecule has 2 aliphatic heterocycles. The number of fused-ring (bicyclic) bond motifs is 1. The van der Waals surface area contributed by atoms with Crippen LogP contribution in [0.3, 0.4) is 0 Å². The number of ether oxygens (including phenoxy) is 3. The quantitative estimate of drug-likeness (QED) is 0.566. The number of piperazine rings is 1. The highest BCUT2D eigenvalue weighted by Gasteiger charge is 2.25. The van der Waals surface area contributed by atoms with Crippen LogP contribution in [0.15, 0.2) is 18.2 Å². The van der Waals surface area contributed by atoms with Gasteiger partial charge in [0.15, 0.2) is 11.5 Å². The molecule has 134 valence electrons. The maximum atomic E-state index is 10.1. The van der Waals surface area contributed by atoms with Gasteiger partial charge in [0.1, 0.15) is 45.4 Å². The molecule has 0 bridgehead atoms. The second-order valence-corrected chi connectivity index (χ2v) is 7.10. The summed E-state index contributed by atoms with van der Waals surface area (Å²) < 4.78 is 16.3. The van der Waals surface area contributed by atoms with Gasteiger partial charge < -0.3 is 29.1 Å². The smallest absolute Gasteiger partial charge is 0.231 e. The molecule has 6 heteroatoms. The Morgan fingerprint density at radius 3 is 2.54 bits per heavy atom. The second kappa shape index (κ2) is 8.16. The zero-order chi connectivity index (χ0) is 16.9. The summed E-state index contributed by atoms with van der Waals surface area (Å²) in [4.78, 5) is 3.06. The van der Waals surface area contributed by atoms with Crippen molar-refractivity contribution in [3.8, 4) is 11.5 Å². The van der Waals surface area contributed by atoms with Gasteiger partial charge in [-0.2, -0.15) is 0 Å². The molecule has 0 amide bonds. The fourth-order valence-electron chi connectivity index (χ4n) is 3.37. The molecule has 0 aliphatic carbocycles. The molecule has 1 atom stereocenters. The Labute approximate surface area is 143 Å². The van der Waals surface area contributed by atoms with Crippen LogP contribution in [0.1, 0.15) is 19.4 Å². The van der Waals surface area contributed by atoms with E-state index in [4.69, 9.17) is 14.2 Å². The highest BCUT2D eigenvalue weighted by molar-refractivity contribution is 5.44. The number of quaternary nitrogens is 2. The summed E-state index contributed by atoms with van der Waals surface area (Å²) in [5, 5.41) is 10.1. The van der Waals surface area contributed by atoms with Crippen molar-refractivity contribution in [1.82, 2.24) is 0 Å². The highest BCUT2D eigenvalue weighted by Crippen LogP contribution is 2.32. The van der Waals surface area contributed by atoms with Gasteiger partial charge in [-0.15, -0.1) is 0 Å². The zero-order valence-electron chi connectivity index (χ0n) is 14.7. The van der Waals surface area contributed by atoms with Crippen molar-refractivity contribution in [3.63, 3.8) is 0 Å². The van der Waals surface area contributed by atoms with Crippen molar-refractivity contribution < 1.29 is 29.1 Å². The number of benzene rings is 1. The van der Waals surface area contributed by atoms with E-state index < -0.39 is 0 Å². The Kier molecular flexibility index (Phi) is 5.94. The van der Waals surface area contributed by atoms with Gasteiger partial charge in [-0.3, -0.25) is 0 Å². The fraction of sp³-hybridized carbons (Fsp3) is 0.667. The van der Waals surface area contributed by atoms with E-state index in [1.54, 1.807) is 4.90 Å². The molecule has 0 aromatic heterocycles. The van der Waals surface area contributed by atoms with E-state index in [2.05, 4.69) is 12.1 Å². The summed E-state index contributed by atoms with van der Waals surface area (Å²) in [5.41, 5.74) is 1.29. The number of hydrogen-bond acceptors (Lipinski definition) is 4. The van der Waals surface area contributed by atoms with Crippen molar-refractivity contribution in [2.24, 2.45) is 0 Å². The largest absolute Gasteiger partial charge is 0.454 e. The zero-order valence-corrected chi connectivity index (χ0v) is 14.7.